The van der Waals surface area contributed by atoms with Crippen molar-refractivity contribution < 1.29 is 41.8 Å². The first-order chi connectivity index (χ1) is 19.3. The minimum absolute atomic E-state index is 0.0359. The molecule has 2 aliphatic heterocycles. The molecule has 4 heterocycles. The highest BCUT2D eigenvalue weighted by Gasteiger charge is 2.50. The van der Waals surface area contributed by atoms with Crippen molar-refractivity contribution in [1.82, 2.24) is 20.2 Å². The van der Waals surface area contributed by atoms with Crippen LogP contribution in [0.2, 0.25) is 0 Å². The number of aromatic nitrogens is 2. The lowest BCUT2D eigenvalue weighted by molar-refractivity contribution is -0.172. The van der Waals surface area contributed by atoms with Crippen LogP contribution in [0.15, 0.2) is 29.1 Å². The van der Waals surface area contributed by atoms with E-state index >= 15 is 0 Å². The molecule has 0 bridgehead atoms. The average Bonchev–Trinajstić information content (AvgIpc) is 3.25. The molecule has 3 aromatic rings. The van der Waals surface area contributed by atoms with Gasteiger partial charge in [0.2, 0.25) is 5.60 Å². The summed E-state index contributed by atoms with van der Waals surface area (Å²) in [4.78, 5) is 55.3. The number of pyridine rings is 2. The third-order valence-corrected chi connectivity index (χ3v) is 6.96. The Labute approximate surface area is 230 Å². The van der Waals surface area contributed by atoms with E-state index in [0.29, 0.717) is 5.56 Å². The van der Waals surface area contributed by atoms with E-state index in [1.807, 2.05) is 0 Å². The Morgan fingerprint density at radius 3 is 2.54 bits per heavy atom. The fourth-order valence-corrected chi connectivity index (χ4v) is 5.05. The molecule has 0 fully saturated rings. The minimum Gasteiger partial charge on any atom is -0.457 e. The molecular formula is C27H25F3N4O7. The second-order valence-electron chi connectivity index (χ2n) is 9.93. The average molecular weight is 575 g/mol. The van der Waals surface area contributed by atoms with Gasteiger partial charge in [0.05, 0.1) is 29.0 Å². The van der Waals surface area contributed by atoms with Gasteiger partial charge in [0.25, 0.3) is 5.56 Å². The number of cyclic esters (lactones) is 1. The van der Waals surface area contributed by atoms with Gasteiger partial charge in [-0.15, -0.1) is 0 Å². The van der Waals surface area contributed by atoms with E-state index in [0.717, 1.165) is 12.1 Å². The van der Waals surface area contributed by atoms with E-state index in [9.17, 15) is 32.3 Å². The van der Waals surface area contributed by atoms with E-state index in [2.05, 4.69) is 15.6 Å². The van der Waals surface area contributed by atoms with Crippen molar-refractivity contribution in [1.29, 1.82) is 0 Å². The smallest absolute Gasteiger partial charge is 0.420 e. The van der Waals surface area contributed by atoms with Crippen molar-refractivity contribution in [2.24, 2.45) is 0 Å². The van der Waals surface area contributed by atoms with Gasteiger partial charge in [-0.25, -0.2) is 19.4 Å². The van der Waals surface area contributed by atoms with Crippen molar-refractivity contribution >= 4 is 29.1 Å². The first-order valence-corrected chi connectivity index (χ1v) is 12.7. The maximum Gasteiger partial charge on any atom is 0.420 e. The number of nitrogens with zero attached hydrogens (tertiary/aromatic N) is 2. The molecule has 0 saturated carbocycles. The molecule has 2 N–H and O–H groups in total. The van der Waals surface area contributed by atoms with Gasteiger partial charge in [-0.1, -0.05) is 6.92 Å². The van der Waals surface area contributed by atoms with Crippen molar-refractivity contribution in [3.63, 3.8) is 0 Å². The van der Waals surface area contributed by atoms with Gasteiger partial charge in [-0.05, 0) is 44.5 Å². The highest BCUT2D eigenvalue weighted by molar-refractivity contribution is 5.89. The van der Waals surface area contributed by atoms with Crippen LogP contribution in [0.3, 0.4) is 0 Å². The Morgan fingerprint density at radius 1 is 1.17 bits per heavy atom. The number of nitrogens with one attached hydrogen (secondary N) is 2. The lowest BCUT2D eigenvalue weighted by atomic mass is 9.85. The van der Waals surface area contributed by atoms with Gasteiger partial charge in [0.15, 0.2) is 0 Å². The van der Waals surface area contributed by atoms with Crippen LogP contribution in [0.4, 0.5) is 22.8 Å². The van der Waals surface area contributed by atoms with Crippen LogP contribution in [0.25, 0.3) is 22.3 Å². The SMILES string of the molecule is CC[C@@]1(OC(=O)NC(C)C)C(=O)OCc2c1cc1n(c2=O)Cc2cc3cc(OC(=O)NC)c(C(F)(F)F)cc3nc2-1. The zero-order valence-electron chi connectivity index (χ0n) is 22.4. The number of alkyl carbamates (subject to hydrolysis) is 1. The Kier molecular flexibility index (Phi) is 6.66. The number of alkyl halides is 3. The Balaban J connectivity index is 1.68. The van der Waals surface area contributed by atoms with Crippen molar-refractivity contribution in [2.75, 3.05) is 7.05 Å². The molecule has 2 aromatic heterocycles. The van der Waals surface area contributed by atoms with Gasteiger partial charge in [0, 0.05) is 29.6 Å². The molecule has 0 radical (unpaired) electrons. The second-order valence-corrected chi connectivity index (χ2v) is 9.93. The van der Waals surface area contributed by atoms with Gasteiger partial charge in [-0.2, -0.15) is 13.2 Å². The number of halogens is 3. The number of ether oxygens (including phenoxy) is 3. The highest BCUT2D eigenvalue weighted by Crippen LogP contribution is 2.43. The predicted octanol–water partition coefficient (Wildman–Crippen LogP) is 3.96. The molecular weight excluding hydrogens is 549 g/mol. The van der Waals surface area contributed by atoms with Crippen LogP contribution in [0.1, 0.15) is 49.4 Å². The molecule has 0 unspecified atom stereocenters. The van der Waals surface area contributed by atoms with Crippen LogP contribution < -0.4 is 20.9 Å². The molecule has 0 spiro atoms. The summed E-state index contributed by atoms with van der Waals surface area (Å²) in [5, 5.41) is 4.91. The topological polar surface area (TPSA) is 138 Å². The maximum absolute atomic E-state index is 13.9. The van der Waals surface area contributed by atoms with Crippen LogP contribution in [0, 0.1) is 0 Å². The number of carbonyl (C=O) groups excluding carboxylic acids is 3. The Hall–Kier alpha value is -4.62. The number of esters is 1. The second kappa shape index (κ2) is 9.78. The molecule has 5 rings (SSSR count). The number of fused-ring (bicyclic) bond motifs is 5. The molecule has 216 valence electrons. The molecule has 41 heavy (non-hydrogen) atoms. The number of carbonyl (C=O) groups is 3. The number of amides is 2. The molecule has 0 saturated heterocycles. The summed E-state index contributed by atoms with van der Waals surface area (Å²) in [6, 6.07) is 4.59. The van der Waals surface area contributed by atoms with Crippen LogP contribution in [-0.2, 0) is 39.2 Å². The summed E-state index contributed by atoms with van der Waals surface area (Å²) in [6.07, 6.45) is -6.87. The van der Waals surface area contributed by atoms with Crippen LogP contribution in [0.5, 0.6) is 5.75 Å². The van der Waals surface area contributed by atoms with Crippen LogP contribution in [-0.4, -0.2) is 40.8 Å². The van der Waals surface area contributed by atoms with Gasteiger partial charge in [0.1, 0.15) is 17.9 Å². The Bertz CT molecular complexity index is 1680. The standard InChI is InChI=1S/C27H25F3N4O7/c1-5-26(41-25(38)32-12(2)3)16-9-19-21-14(10-34(19)22(35)15(16)11-39-23(26)36)6-13-7-20(40-24(37)31-4)17(27(28,29)30)8-18(13)33-21/h6-9,12H,5,10-11H2,1-4H3,(H,31,37)(H,32,38)/t26-/m0/s1. The normalized spacial score (nSPS) is 17.4. The van der Waals surface area contributed by atoms with Gasteiger partial charge in [-0.3, -0.25) is 4.79 Å². The predicted molar refractivity (Wildman–Crippen MR) is 137 cm³/mol. The van der Waals surface area contributed by atoms with E-state index in [1.165, 1.54) is 17.7 Å². The van der Waals surface area contributed by atoms with E-state index in [1.54, 1.807) is 26.8 Å². The third-order valence-electron chi connectivity index (χ3n) is 6.96. The summed E-state index contributed by atoms with van der Waals surface area (Å²) in [5.41, 5.74) is -2.49. The van der Waals surface area contributed by atoms with E-state index in [4.69, 9.17) is 14.2 Å². The molecule has 11 nitrogen and oxygen atoms in total. The van der Waals surface area contributed by atoms with Crippen LogP contribution >= 0.6 is 0 Å². The zero-order valence-corrected chi connectivity index (χ0v) is 22.4. The summed E-state index contributed by atoms with van der Waals surface area (Å²) < 4.78 is 58.7. The lowest BCUT2D eigenvalue weighted by Crippen LogP contribution is -2.49. The first-order valence-electron chi connectivity index (χ1n) is 12.7. The Morgan fingerprint density at radius 2 is 1.90 bits per heavy atom. The number of rotatable bonds is 4. The fourth-order valence-electron chi connectivity index (χ4n) is 5.05. The highest BCUT2D eigenvalue weighted by atomic mass is 19.4. The quantitative estimate of drug-likeness (QED) is 0.350. The van der Waals surface area contributed by atoms with Gasteiger partial charge >= 0.3 is 24.3 Å². The molecule has 0 aliphatic carbocycles. The monoisotopic (exact) mass is 574 g/mol. The third kappa shape index (κ3) is 4.62. The molecule has 2 aliphatic rings. The zero-order chi connectivity index (χ0) is 29.9. The van der Waals surface area contributed by atoms with Crippen molar-refractivity contribution in [3.8, 4) is 17.1 Å². The summed E-state index contributed by atoms with van der Waals surface area (Å²) in [7, 11) is 1.22. The number of hydrogen-bond acceptors (Lipinski definition) is 8. The number of hydrogen-bond donors (Lipinski definition) is 2. The minimum atomic E-state index is -4.86. The summed E-state index contributed by atoms with van der Waals surface area (Å²) in [6.45, 7) is 4.70. The van der Waals surface area contributed by atoms with E-state index < -0.39 is 46.8 Å². The first kappa shape index (κ1) is 27.9. The van der Waals surface area contributed by atoms with E-state index in [-0.39, 0.29) is 59.0 Å². The lowest BCUT2D eigenvalue weighted by Gasteiger charge is -2.35. The summed E-state index contributed by atoms with van der Waals surface area (Å²) in [5.74, 6) is -1.55. The van der Waals surface area contributed by atoms with Crippen molar-refractivity contribution in [3.05, 3.63) is 56.9 Å². The molecule has 1 aromatic carbocycles. The summed E-state index contributed by atoms with van der Waals surface area (Å²) >= 11 is 0. The van der Waals surface area contributed by atoms with Gasteiger partial charge < -0.3 is 29.4 Å². The molecule has 14 heteroatoms. The molecule has 1 atom stereocenters. The number of benzene rings is 1. The largest absolute Gasteiger partial charge is 0.457 e. The maximum atomic E-state index is 13.9. The van der Waals surface area contributed by atoms with Crippen molar-refractivity contribution in [2.45, 2.75) is 58.2 Å². The molecule has 2 amide bonds. The fraction of sp³-hybridized carbons (Fsp3) is 0.370.